The van der Waals surface area contributed by atoms with Crippen molar-refractivity contribution in [1.82, 2.24) is 9.78 Å². The number of carboxylic acid groups (broad SMARTS) is 1. The summed E-state index contributed by atoms with van der Waals surface area (Å²) in [6.07, 6.45) is 1.09. The van der Waals surface area contributed by atoms with Crippen molar-refractivity contribution >= 4 is 11.7 Å². The topological polar surface area (TPSA) is 107 Å². The molecule has 0 bridgehead atoms. The zero-order valence-electron chi connectivity index (χ0n) is 10.1. The van der Waals surface area contributed by atoms with E-state index in [9.17, 15) is 19.3 Å². The lowest BCUT2D eigenvalue weighted by Crippen LogP contribution is -2.01. The Morgan fingerprint density at radius 3 is 2.85 bits per heavy atom. The van der Waals surface area contributed by atoms with E-state index in [-0.39, 0.29) is 11.3 Å². The standard InChI is InChI=1S/C11H8FN3O5/c1-14-5-8(15(18)19)10(13-14)20-9-4-6(12)2-3-7(9)11(16)17/h2-5H,1H3,(H,16,17). The van der Waals surface area contributed by atoms with Crippen LogP contribution in [0.3, 0.4) is 0 Å². The van der Waals surface area contributed by atoms with Gasteiger partial charge in [0.05, 0.1) is 4.92 Å². The quantitative estimate of drug-likeness (QED) is 0.678. The third kappa shape index (κ3) is 2.55. The Morgan fingerprint density at radius 1 is 1.55 bits per heavy atom. The van der Waals surface area contributed by atoms with Gasteiger partial charge in [-0.2, -0.15) is 0 Å². The van der Waals surface area contributed by atoms with Crippen molar-refractivity contribution < 1.29 is 24.0 Å². The molecule has 0 spiro atoms. The number of ether oxygens (including phenoxy) is 1. The number of nitro groups is 1. The van der Waals surface area contributed by atoms with Gasteiger partial charge in [0.1, 0.15) is 23.3 Å². The fourth-order valence-corrected chi connectivity index (χ4v) is 1.51. The van der Waals surface area contributed by atoms with Gasteiger partial charge in [-0.15, -0.1) is 5.10 Å². The van der Waals surface area contributed by atoms with Crippen LogP contribution < -0.4 is 4.74 Å². The van der Waals surface area contributed by atoms with Crippen LogP contribution in [0.15, 0.2) is 24.4 Å². The number of aromatic carboxylic acids is 1. The molecule has 2 aromatic rings. The molecule has 20 heavy (non-hydrogen) atoms. The van der Waals surface area contributed by atoms with Crippen LogP contribution in [0.5, 0.6) is 11.6 Å². The minimum Gasteiger partial charge on any atom is -0.478 e. The van der Waals surface area contributed by atoms with Crippen LogP contribution in [0.25, 0.3) is 0 Å². The van der Waals surface area contributed by atoms with Gasteiger partial charge in [-0.25, -0.2) is 9.18 Å². The van der Waals surface area contributed by atoms with E-state index in [2.05, 4.69) is 5.10 Å². The Labute approximate surface area is 111 Å². The lowest BCUT2D eigenvalue weighted by molar-refractivity contribution is -0.385. The minimum absolute atomic E-state index is 0.327. The van der Waals surface area contributed by atoms with Gasteiger partial charge < -0.3 is 9.84 Å². The highest BCUT2D eigenvalue weighted by molar-refractivity contribution is 5.91. The number of carboxylic acids is 1. The van der Waals surface area contributed by atoms with Crippen LogP contribution in [0, 0.1) is 15.9 Å². The number of hydrogen-bond acceptors (Lipinski definition) is 5. The maximum Gasteiger partial charge on any atom is 0.350 e. The number of hydrogen-bond donors (Lipinski definition) is 1. The Hall–Kier alpha value is -2.97. The number of halogens is 1. The molecule has 0 saturated carbocycles. The lowest BCUT2D eigenvalue weighted by atomic mass is 10.2. The highest BCUT2D eigenvalue weighted by Crippen LogP contribution is 2.31. The van der Waals surface area contributed by atoms with Crippen molar-refractivity contribution in [3.63, 3.8) is 0 Å². The summed E-state index contributed by atoms with van der Waals surface area (Å²) in [4.78, 5) is 21.0. The van der Waals surface area contributed by atoms with Crippen LogP contribution in [-0.2, 0) is 7.05 Å². The molecule has 2 rings (SSSR count). The maximum absolute atomic E-state index is 13.1. The van der Waals surface area contributed by atoms with Gasteiger partial charge in [0.2, 0.25) is 0 Å². The zero-order valence-corrected chi connectivity index (χ0v) is 10.1. The van der Waals surface area contributed by atoms with E-state index in [0.29, 0.717) is 0 Å². The molecule has 1 N–H and O–H groups in total. The number of carbonyl (C=O) groups is 1. The third-order valence-corrected chi connectivity index (χ3v) is 2.35. The van der Waals surface area contributed by atoms with Crippen molar-refractivity contribution in [3.05, 3.63) is 45.9 Å². The van der Waals surface area contributed by atoms with Gasteiger partial charge in [-0.3, -0.25) is 14.8 Å². The molecule has 0 fully saturated rings. The minimum atomic E-state index is -1.35. The zero-order chi connectivity index (χ0) is 14.9. The molecule has 9 heteroatoms. The van der Waals surface area contributed by atoms with Crippen molar-refractivity contribution in [2.75, 3.05) is 0 Å². The predicted molar refractivity (Wildman–Crippen MR) is 63.3 cm³/mol. The van der Waals surface area contributed by atoms with Crippen molar-refractivity contribution in [1.29, 1.82) is 0 Å². The Morgan fingerprint density at radius 2 is 2.25 bits per heavy atom. The fourth-order valence-electron chi connectivity index (χ4n) is 1.51. The second kappa shape index (κ2) is 4.96. The van der Waals surface area contributed by atoms with Gasteiger partial charge in [0.15, 0.2) is 0 Å². The normalized spacial score (nSPS) is 10.3. The SMILES string of the molecule is Cn1cc([N+](=O)[O-])c(Oc2cc(F)ccc2C(=O)O)n1. The van der Waals surface area contributed by atoms with E-state index >= 15 is 0 Å². The fraction of sp³-hybridized carbons (Fsp3) is 0.0909. The van der Waals surface area contributed by atoms with Gasteiger partial charge >= 0.3 is 17.5 Å². The molecule has 0 aliphatic heterocycles. The summed E-state index contributed by atoms with van der Waals surface area (Å²) in [6.45, 7) is 0. The van der Waals surface area contributed by atoms with E-state index in [0.717, 1.165) is 29.1 Å². The van der Waals surface area contributed by atoms with E-state index in [1.165, 1.54) is 7.05 Å². The molecule has 0 amide bonds. The molecular weight excluding hydrogens is 273 g/mol. The molecule has 104 valence electrons. The average Bonchev–Trinajstić information content (AvgIpc) is 2.70. The third-order valence-electron chi connectivity index (χ3n) is 2.35. The summed E-state index contributed by atoms with van der Waals surface area (Å²) in [7, 11) is 1.43. The molecule has 1 aromatic carbocycles. The summed E-state index contributed by atoms with van der Waals surface area (Å²) in [6, 6.07) is 2.77. The van der Waals surface area contributed by atoms with E-state index in [1.807, 2.05) is 0 Å². The molecule has 0 radical (unpaired) electrons. The summed E-state index contributed by atoms with van der Waals surface area (Å²) in [5, 5.41) is 23.4. The smallest absolute Gasteiger partial charge is 0.350 e. The van der Waals surface area contributed by atoms with E-state index in [1.54, 1.807) is 0 Å². The summed E-state index contributed by atoms with van der Waals surface area (Å²) in [5.41, 5.74) is -0.778. The summed E-state index contributed by atoms with van der Waals surface area (Å²) in [5.74, 6) is -2.85. The second-order valence-electron chi connectivity index (χ2n) is 3.80. The average molecular weight is 281 g/mol. The van der Waals surface area contributed by atoms with Gasteiger partial charge in [0.25, 0.3) is 0 Å². The Bertz CT molecular complexity index is 697. The molecule has 0 atom stereocenters. The van der Waals surface area contributed by atoms with Crippen LogP contribution in [0.2, 0.25) is 0 Å². The lowest BCUT2D eigenvalue weighted by Gasteiger charge is -2.05. The van der Waals surface area contributed by atoms with Crippen LogP contribution in [0.1, 0.15) is 10.4 Å². The molecular formula is C11H8FN3O5. The maximum atomic E-state index is 13.1. The Balaban J connectivity index is 2.47. The first-order valence-corrected chi connectivity index (χ1v) is 5.27. The number of aromatic nitrogens is 2. The van der Waals surface area contributed by atoms with E-state index in [4.69, 9.17) is 9.84 Å². The second-order valence-corrected chi connectivity index (χ2v) is 3.80. The molecule has 1 aromatic heterocycles. The highest BCUT2D eigenvalue weighted by Gasteiger charge is 2.23. The van der Waals surface area contributed by atoms with Crippen molar-refractivity contribution in [3.8, 4) is 11.6 Å². The molecule has 1 heterocycles. The van der Waals surface area contributed by atoms with Crippen molar-refractivity contribution in [2.24, 2.45) is 7.05 Å². The first-order chi connectivity index (χ1) is 9.38. The first kappa shape index (κ1) is 13.5. The molecule has 0 unspecified atom stereocenters. The van der Waals surface area contributed by atoms with Crippen LogP contribution in [-0.4, -0.2) is 25.8 Å². The van der Waals surface area contributed by atoms with Crippen LogP contribution in [0.4, 0.5) is 10.1 Å². The monoisotopic (exact) mass is 281 g/mol. The highest BCUT2D eigenvalue weighted by atomic mass is 19.1. The van der Waals surface area contributed by atoms with Gasteiger partial charge in [-0.05, 0) is 12.1 Å². The molecule has 0 aliphatic carbocycles. The first-order valence-electron chi connectivity index (χ1n) is 5.27. The number of aryl methyl sites for hydroxylation is 1. The predicted octanol–water partition coefficient (Wildman–Crippen LogP) is 1.96. The largest absolute Gasteiger partial charge is 0.478 e. The van der Waals surface area contributed by atoms with Crippen molar-refractivity contribution in [2.45, 2.75) is 0 Å². The number of rotatable bonds is 4. The van der Waals surface area contributed by atoms with Gasteiger partial charge in [0, 0.05) is 13.1 Å². The Kier molecular flexibility index (Phi) is 3.34. The number of nitrogens with zero attached hydrogens (tertiary/aromatic N) is 3. The van der Waals surface area contributed by atoms with Gasteiger partial charge in [-0.1, -0.05) is 0 Å². The molecule has 0 aliphatic rings. The molecule has 8 nitrogen and oxygen atoms in total. The van der Waals surface area contributed by atoms with E-state index < -0.39 is 28.3 Å². The van der Waals surface area contributed by atoms with Crippen LogP contribution >= 0.6 is 0 Å². The summed E-state index contributed by atoms with van der Waals surface area (Å²) < 4.78 is 19.3. The molecule has 0 saturated heterocycles. The summed E-state index contributed by atoms with van der Waals surface area (Å²) >= 11 is 0. The number of benzene rings is 1.